The van der Waals surface area contributed by atoms with Crippen LogP contribution < -0.4 is 5.32 Å². The Hall–Kier alpha value is -1.53. The molecule has 0 radical (unpaired) electrons. The standard InChI is InChI=1S/C16H19ClN2O/c1-12-4-3-7-16(9-12,11-17)19-15(20)14-6-2-5-13(8-14)10-18/h2,5-6,8,12H,3-4,7,9,11H2,1H3,(H,19,20). The predicted molar refractivity (Wildman–Crippen MR) is 79.7 cm³/mol. The molecule has 2 unspecified atom stereocenters. The second-order valence-electron chi connectivity index (χ2n) is 5.76. The van der Waals surface area contributed by atoms with Crippen molar-refractivity contribution in [3.63, 3.8) is 0 Å². The van der Waals surface area contributed by atoms with Crippen molar-refractivity contribution in [1.82, 2.24) is 5.32 Å². The zero-order valence-electron chi connectivity index (χ0n) is 11.7. The smallest absolute Gasteiger partial charge is 0.251 e. The number of benzene rings is 1. The Morgan fingerprint density at radius 1 is 1.60 bits per heavy atom. The first-order chi connectivity index (χ1) is 9.58. The van der Waals surface area contributed by atoms with Crippen molar-refractivity contribution < 1.29 is 4.79 Å². The van der Waals surface area contributed by atoms with Crippen LogP contribution in [0.1, 0.15) is 48.5 Å². The van der Waals surface area contributed by atoms with Gasteiger partial charge in [-0.25, -0.2) is 0 Å². The molecule has 20 heavy (non-hydrogen) atoms. The van der Waals surface area contributed by atoms with E-state index in [0.29, 0.717) is 22.9 Å². The minimum absolute atomic E-state index is 0.142. The molecule has 1 aromatic rings. The molecule has 1 amide bonds. The Morgan fingerprint density at radius 3 is 3.05 bits per heavy atom. The van der Waals surface area contributed by atoms with Gasteiger partial charge in [-0.1, -0.05) is 25.8 Å². The van der Waals surface area contributed by atoms with E-state index in [1.165, 1.54) is 6.42 Å². The summed E-state index contributed by atoms with van der Waals surface area (Å²) in [5.74, 6) is 0.867. The lowest BCUT2D eigenvalue weighted by Crippen LogP contribution is -2.52. The number of hydrogen-bond donors (Lipinski definition) is 1. The van der Waals surface area contributed by atoms with Crippen molar-refractivity contribution in [2.75, 3.05) is 5.88 Å². The van der Waals surface area contributed by atoms with Gasteiger partial charge in [0, 0.05) is 11.4 Å². The molecule has 1 aromatic carbocycles. The van der Waals surface area contributed by atoms with Crippen LogP contribution in [0, 0.1) is 17.2 Å². The van der Waals surface area contributed by atoms with Crippen molar-refractivity contribution in [2.24, 2.45) is 5.92 Å². The average molecular weight is 291 g/mol. The van der Waals surface area contributed by atoms with Crippen LogP contribution in [0.4, 0.5) is 0 Å². The van der Waals surface area contributed by atoms with Gasteiger partial charge in [0.15, 0.2) is 0 Å². The van der Waals surface area contributed by atoms with E-state index in [0.717, 1.165) is 19.3 Å². The maximum absolute atomic E-state index is 12.4. The van der Waals surface area contributed by atoms with Gasteiger partial charge in [-0.3, -0.25) is 4.79 Å². The van der Waals surface area contributed by atoms with Crippen LogP contribution in [0.3, 0.4) is 0 Å². The van der Waals surface area contributed by atoms with E-state index in [9.17, 15) is 4.79 Å². The van der Waals surface area contributed by atoms with Gasteiger partial charge < -0.3 is 5.32 Å². The van der Waals surface area contributed by atoms with Gasteiger partial charge in [0.25, 0.3) is 5.91 Å². The SMILES string of the molecule is CC1CCCC(CCl)(NC(=O)c2cccc(C#N)c2)C1. The Labute approximate surface area is 124 Å². The lowest BCUT2D eigenvalue weighted by molar-refractivity contribution is 0.0867. The topological polar surface area (TPSA) is 52.9 Å². The summed E-state index contributed by atoms with van der Waals surface area (Å²) in [6.07, 6.45) is 4.12. The molecule has 0 aromatic heterocycles. The number of alkyl halides is 1. The van der Waals surface area contributed by atoms with Crippen molar-refractivity contribution in [1.29, 1.82) is 5.26 Å². The summed E-state index contributed by atoms with van der Waals surface area (Å²) < 4.78 is 0. The molecule has 1 aliphatic rings. The van der Waals surface area contributed by atoms with Gasteiger partial charge in [-0.2, -0.15) is 5.26 Å². The van der Waals surface area contributed by atoms with Crippen molar-refractivity contribution in [3.05, 3.63) is 35.4 Å². The fourth-order valence-corrected chi connectivity index (χ4v) is 3.28. The second kappa shape index (κ2) is 6.28. The van der Waals surface area contributed by atoms with Crippen LogP contribution in [0.25, 0.3) is 0 Å². The molecule has 4 heteroatoms. The molecule has 2 rings (SSSR count). The number of carbonyl (C=O) groups is 1. The highest BCUT2D eigenvalue weighted by Gasteiger charge is 2.35. The van der Waals surface area contributed by atoms with Crippen LogP contribution in [-0.4, -0.2) is 17.3 Å². The summed E-state index contributed by atoms with van der Waals surface area (Å²) >= 11 is 6.13. The predicted octanol–water partition coefficient (Wildman–Crippen LogP) is 3.48. The van der Waals surface area contributed by atoms with Gasteiger partial charge in [-0.05, 0) is 37.0 Å². The van der Waals surface area contributed by atoms with Crippen LogP contribution in [0.5, 0.6) is 0 Å². The average Bonchev–Trinajstić information content (AvgIpc) is 2.47. The van der Waals surface area contributed by atoms with E-state index in [4.69, 9.17) is 16.9 Å². The first-order valence-corrected chi connectivity index (χ1v) is 7.51. The Morgan fingerprint density at radius 2 is 2.40 bits per heavy atom. The minimum atomic E-state index is -0.307. The number of nitrogens with one attached hydrogen (secondary N) is 1. The van der Waals surface area contributed by atoms with E-state index >= 15 is 0 Å². The number of amides is 1. The molecule has 1 fully saturated rings. The third-order valence-corrected chi connectivity index (χ3v) is 4.49. The largest absolute Gasteiger partial charge is 0.345 e. The first kappa shape index (κ1) is 14.9. The normalized spacial score (nSPS) is 25.8. The molecule has 1 aliphatic carbocycles. The Kier molecular flexibility index (Phi) is 4.67. The van der Waals surface area contributed by atoms with Crippen LogP contribution in [-0.2, 0) is 0 Å². The van der Waals surface area contributed by atoms with Gasteiger partial charge >= 0.3 is 0 Å². The number of rotatable bonds is 3. The maximum atomic E-state index is 12.4. The summed E-state index contributed by atoms with van der Waals surface area (Å²) in [7, 11) is 0. The zero-order valence-corrected chi connectivity index (χ0v) is 12.4. The second-order valence-corrected chi connectivity index (χ2v) is 6.03. The van der Waals surface area contributed by atoms with Crippen LogP contribution in [0.15, 0.2) is 24.3 Å². The summed E-state index contributed by atoms with van der Waals surface area (Å²) in [6, 6.07) is 8.81. The highest BCUT2D eigenvalue weighted by Crippen LogP contribution is 2.33. The van der Waals surface area contributed by atoms with Crippen LogP contribution in [0.2, 0.25) is 0 Å². The molecule has 0 bridgehead atoms. The molecule has 1 saturated carbocycles. The molecular weight excluding hydrogens is 272 g/mol. The van der Waals surface area contributed by atoms with Gasteiger partial charge in [-0.15, -0.1) is 11.6 Å². The quantitative estimate of drug-likeness (QED) is 0.867. The lowest BCUT2D eigenvalue weighted by atomic mass is 9.77. The summed E-state index contributed by atoms with van der Waals surface area (Å²) in [4.78, 5) is 12.4. The molecule has 106 valence electrons. The van der Waals surface area contributed by atoms with E-state index in [1.54, 1.807) is 24.3 Å². The van der Waals surface area contributed by atoms with Crippen molar-refractivity contribution in [2.45, 2.75) is 38.1 Å². The molecular formula is C16H19ClN2O. The molecule has 0 saturated heterocycles. The molecule has 1 N–H and O–H groups in total. The first-order valence-electron chi connectivity index (χ1n) is 6.97. The van der Waals surface area contributed by atoms with Gasteiger partial charge in [0.2, 0.25) is 0 Å². The molecule has 2 atom stereocenters. The highest BCUT2D eigenvalue weighted by atomic mass is 35.5. The number of halogens is 1. The molecule has 0 aliphatic heterocycles. The van der Waals surface area contributed by atoms with E-state index in [1.807, 2.05) is 0 Å². The number of carbonyl (C=O) groups excluding carboxylic acids is 1. The fourth-order valence-electron chi connectivity index (χ4n) is 2.97. The monoisotopic (exact) mass is 290 g/mol. The van der Waals surface area contributed by atoms with Crippen LogP contribution >= 0.6 is 11.6 Å². The Balaban J connectivity index is 2.14. The molecule has 3 nitrogen and oxygen atoms in total. The van der Waals surface area contributed by atoms with E-state index < -0.39 is 0 Å². The van der Waals surface area contributed by atoms with Crippen molar-refractivity contribution in [3.8, 4) is 6.07 Å². The molecule has 0 heterocycles. The zero-order chi connectivity index (χ0) is 14.6. The summed E-state index contributed by atoms with van der Waals surface area (Å²) in [6.45, 7) is 2.20. The maximum Gasteiger partial charge on any atom is 0.251 e. The number of nitriles is 1. The molecule has 0 spiro atoms. The summed E-state index contributed by atoms with van der Waals surface area (Å²) in [5.41, 5.74) is 0.709. The third-order valence-electron chi connectivity index (χ3n) is 3.98. The van der Waals surface area contributed by atoms with Gasteiger partial charge in [0.05, 0.1) is 17.2 Å². The number of hydrogen-bond acceptors (Lipinski definition) is 2. The summed E-state index contributed by atoms with van der Waals surface area (Å²) in [5, 5.41) is 12.0. The van der Waals surface area contributed by atoms with Gasteiger partial charge in [0.1, 0.15) is 0 Å². The fraction of sp³-hybridized carbons (Fsp3) is 0.500. The van der Waals surface area contributed by atoms with Crippen molar-refractivity contribution >= 4 is 17.5 Å². The lowest BCUT2D eigenvalue weighted by Gasteiger charge is -2.39. The number of nitrogens with zero attached hydrogens (tertiary/aromatic N) is 1. The van der Waals surface area contributed by atoms with E-state index in [-0.39, 0.29) is 11.4 Å². The van der Waals surface area contributed by atoms with E-state index in [2.05, 4.69) is 18.3 Å². The minimum Gasteiger partial charge on any atom is -0.345 e. The Bertz CT molecular complexity index is 538. The third kappa shape index (κ3) is 3.32. The highest BCUT2D eigenvalue weighted by molar-refractivity contribution is 6.19.